The molecule has 0 saturated carbocycles. The molecule has 0 bridgehead atoms. The van der Waals surface area contributed by atoms with E-state index in [0.29, 0.717) is 0 Å². The van der Waals surface area contributed by atoms with E-state index in [4.69, 9.17) is 15.0 Å². The maximum absolute atomic E-state index is 5.01. The molecular weight excluding hydrogens is 440 g/mol. The zero-order valence-electron chi connectivity index (χ0n) is 19.3. The molecule has 7 aromatic rings. The van der Waals surface area contributed by atoms with E-state index in [1.807, 2.05) is 54.7 Å². The van der Waals surface area contributed by atoms with E-state index in [1.54, 1.807) is 0 Å². The third kappa shape index (κ3) is 3.48. The predicted molar refractivity (Wildman–Crippen MR) is 146 cm³/mol. The van der Waals surface area contributed by atoms with Gasteiger partial charge in [-0.3, -0.25) is 4.98 Å². The number of hydrogen-bond donors (Lipinski definition) is 0. The fourth-order valence-corrected chi connectivity index (χ4v) is 4.68. The van der Waals surface area contributed by atoms with E-state index in [9.17, 15) is 0 Å². The summed E-state index contributed by atoms with van der Waals surface area (Å²) in [5.74, 6) is 0. The van der Waals surface area contributed by atoms with Crippen molar-refractivity contribution in [2.45, 2.75) is 0 Å². The quantitative estimate of drug-likeness (QED) is 0.253. The topological polar surface area (TPSA) is 51.6 Å². The minimum atomic E-state index is 0.869. The lowest BCUT2D eigenvalue weighted by Gasteiger charge is -2.11. The summed E-state index contributed by atoms with van der Waals surface area (Å²) in [5, 5.41) is 2.17. The van der Waals surface area contributed by atoms with Gasteiger partial charge in [-0.05, 0) is 24.3 Å². The summed E-state index contributed by atoms with van der Waals surface area (Å²) in [4.78, 5) is 19.6. The molecule has 0 aliphatic heterocycles. The molecule has 0 aliphatic rings. The molecule has 0 atom stereocenters. The normalized spacial score (nSPS) is 11.3. The molecule has 7 rings (SSSR count). The predicted octanol–water partition coefficient (Wildman–Crippen LogP) is 7.73. The van der Waals surface area contributed by atoms with Crippen molar-refractivity contribution < 1.29 is 0 Å². The average molecular weight is 461 g/mol. The van der Waals surface area contributed by atoms with Crippen molar-refractivity contribution in [2.75, 3.05) is 0 Å². The molecular formula is C32H20N4. The number of hydrogen-bond acceptors (Lipinski definition) is 4. The minimum absolute atomic E-state index is 0.869. The Bertz CT molecular complexity index is 1880. The Labute approximate surface area is 208 Å². The zero-order chi connectivity index (χ0) is 23.9. The summed E-state index contributed by atoms with van der Waals surface area (Å²) >= 11 is 0. The van der Waals surface area contributed by atoms with E-state index in [1.165, 1.54) is 0 Å². The first-order chi connectivity index (χ1) is 17.8. The van der Waals surface area contributed by atoms with E-state index < -0.39 is 0 Å². The van der Waals surface area contributed by atoms with Crippen LogP contribution >= 0.6 is 0 Å². The molecule has 4 nitrogen and oxygen atoms in total. The number of benzene rings is 4. The highest BCUT2D eigenvalue weighted by Crippen LogP contribution is 2.32. The van der Waals surface area contributed by atoms with E-state index in [2.05, 4.69) is 71.7 Å². The standard InChI is InChI=1S/C32H20N4/c1-2-7-22(8-3-1)31-32(36-28-11-5-4-10-27(28)35-31)24-14-12-21(13-15-24)26-19-18-25-17-16-23-9-6-20-33-29(23)30(25)34-26/h1-20H. The van der Waals surface area contributed by atoms with Crippen LogP contribution in [-0.2, 0) is 0 Å². The third-order valence-corrected chi connectivity index (χ3v) is 6.50. The molecule has 0 unspecified atom stereocenters. The summed E-state index contributed by atoms with van der Waals surface area (Å²) in [5.41, 5.74) is 9.38. The van der Waals surface area contributed by atoms with Gasteiger partial charge in [0, 0.05) is 33.7 Å². The number of rotatable bonds is 3. The SMILES string of the molecule is c1ccc(-c2nc3ccccc3nc2-c2ccc(-c3ccc4ccc5cccnc5c4n3)cc2)cc1. The van der Waals surface area contributed by atoms with Crippen molar-refractivity contribution in [2.24, 2.45) is 0 Å². The van der Waals surface area contributed by atoms with Crippen LogP contribution in [0.25, 0.3) is 66.6 Å². The van der Waals surface area contributed by atoms with Crippen LogP contribution in [-0.4, -0.2) is 19.9 Å². The van der Waals surface area contributed by atoms with Gasteiger partial charge in [-0.2, -0.15) is 0 Å². The Hall–Kier alpha value is -4.96. The number of nitrogens with zero attached hydrogens (tertiary/aromatic N) is 4. The zero-order valence-corrected chi connectivity index (χ0v) is 19.3. The molecule has 0 spiro atoms. The lowest BCUT2D eigenvalue weighted by Crippen LogP contribution is -1.95. The Balaban J connectivity index is 1.35. The highest BCUT2D eigenvalue weighted by Gasteiger charge is 2.14. The Kier molecular flexibility index (Phi) is 4.74. The molecule has 0 amide bonds. The third-order valence-electron chi connectivity index (χ3n) is 6.50. The second kappa shape index (κ2) is 8.36. The van der Waals surface area contributed by atoms with Gasteiger partial charge >= 0.3 is 0 Å². The van der Waals surface area contributed by atoms with Crippen LogP contribution in [0.1, 0.15) is 0 Å². The van der Waals surface area contributed by atoms with E-state index in [-0.39, 0.29) is 0 Å². The Morgan fingerprint density at radius 1 is 0.389 bits per heavy atom. The fraction of sp³-hybridized carbons (Fsp3) is 0. The van der Waals surface area contributed by atoms with Gasteiger partial charge in [-0.25, -0.2) is 15.0 Å². The molecule has 4 aromatic carbocycles. The second-order valence-corrected chi connectivity index (χ2v) is 8.76. The van der Waals surface area contributed by atoms with Crippen LogP contribution in [0.5, 0.6) is 0 Å². The van der Waals surface area contributed by atoms with Crippen molar-refractivity contribution >= 4 is 32.8 Å². The molecule has 3 heterocycles. The van der Waals surface area contributed by atoms with Crippen molar-refractivity contribution in [3.63, 3.8) is 0 Å². The van der Waals surface area contributed by atoms with Crippen LogP contribution in [0.4, 0.5) is 0 Å². The molecule has 0 N–H and O–H groups in total. The molecule has 0 fully saturated rings. The maximum Gasteiger partial charge on any atom is 0.0973 e. The highest BCUT2D eigenvalue weighted by molar-refractivity contribution is 6.03. The summed E-state index contributed by atoms with van der Waals surface area (Å²) in [6.07, 6.45) is 1.82. The van der Waals surface area contributed by atoms with E-state index >= 15 is 0 Å². The van der Waals surface area contributed by atoms with Crippen LogP contribution in [0.2, 0.25) is 0 Å². The summed E-state index contributed by atoms with van der Waals surface area (Å²) in [6.45, 7) is 0. The van der Waals surface area contributed by atoms with Gasteiger partial charge < -0.3 is 0 Å². The maximum atomic E-state index is 5.01. The monoisotopic (exact) mass is 460 g/mol. The number of pyridine rings is 2. The molecule has 4 heteroatoms. The van der Waals surface area contributed by atoms with Crippen LogP contribution in [0, 0.1) is 0 Å². The summed E-state index contributed by atoms with van der Waals surface area (Å²) < 4.78 is 0. The summed E-state index contributed by atoms with van der Waals surface area (Å²) in [7, 11) is 0. The van der Waals surface area contributed by atoms with Crippen molar-refractivity contribution in [1.82, 2.24) is 19.9 Å². The van der Waals surface area contributed by atoms with Gasteiger partial charge in [0.05, 0.1) is 39.1 Å². The smallest absolute Gasteiger partial charge is 0.0973 e. The van der Waals surface area contributed by atoms with Crippen LogP contribution in [0.15, 0.2) is 121 Å². The number of para-hydroxylation sites is 2. The lowest BCUT2D eigenvalue weighted by molar-refractivity contribution is 1.29. The van der Waals surface area contributed by atoms with Crippen molar-refractivity contribution in [3.8, 4) is 33.8 Å². The van der Waals surface area contributed by atoms with Crippen LogP contribution in [0.3, 0.4) is 0 Å². The first-order valence-corrected chi connectivity index (χ1v) is 11.9. The van der Waals surface area contributed by atoms with Gasteiger partial charge in [0.1, 0.15) is 0 Å². The molecule has 0 saturated heterocycles. The summed E-state index contributed by atoms with van der Waals surface area (Å²) in [6, 6.07) is 39.1. The first-order valence-electron chi connectivity index (χ1n) is 11.9. The van der Waals surface area contributed by atoms with Gasteiger partial charge in [0.15, 0.2) is 0 Å². The molecule has 0 radical (unpaired) electrons. The molecule has 3 aromatic heterocycles. The van der Waals surface area contributed by atoms with Gasteiger partial charge in [-0.1, -0.05) is 91.0 Å². The average Bonchev–Trinajstić information content (AvgIpc) is 2.97. The molecule has 0 aliphatic carbocycles. The van der Waals surface area contributed by atoms with Crippen molar-refractivity contribution in [3.05, 3.63) is 121 Å². The Morgan fingerprint density at radius 3 is 1.69 bits per heavy atom. The van der Waals surface area contributed by atoms with Crippen molar-refractivity contribution in [1.29, 1.82) is 0 Å². The first kappa shape index (κ1) is 20.4. The van der Waals surface area contributed by atoms with Gasteiger partial charge in [0.25, 0.3) is 0 Å². The minimum Gasteiger partial charge on any atom is -0.254 e. The highest BCUT2D eigenvalue weighted by atomic mass is 14.8. The van der Waals surface area contributed by atoms with E-state index in [0.717, 1.165) is 66.6 Å². The van der Waals surface area contributed by atoms with Gasteiger partial charge in [-0.15, -0.1) is 0 Å². The Morgan fingerprint density at radius 2 is 0.972 bits per heavy atom. The second-order valence-electron chi connectivity index (χ2n) is 8.76. The van der Waals surface area contributed by atoms with Gasteiger partial charge in [0.2, 0.25) is 0 Å². The lowest BCUT2D eigenvalue weighted by atomic mass is 10.0. The molecule has 168 valence electrons. The molecule has 36 heavy (non-hydrogen) atoms. The number of fused-ring (bicyclic) bond motifs is 4. The van der Waals surface area contributed by atoms with Crippen LogP contribution < -0.4 is 0 Å². The largest absolute Gasteiger partial charge is 0.254 e. The fourth-order valence-electron chi connectivity index (χ4n) is 4.68. The number of aromatic nitrogens is 4.